The van der Waals surface area contributed by atoms with Crippen LogP contribution < -0.4 is 5.32 Å². The van der Waals surface area contributed by atoms with Gasteiger partial charge in [0.25, 0.3) is 0 Å². The van der Waals surface area contributed by atoms with Crippen molar-refractivity contribution in [3.05, 3.63) is 35.6 Å². The first-order valence-corrected chi connectivity index (χ1v) is 3.64. The van der Waals surface area contributed by atoms with Crippen molar-refractivity contribution in [3.63, 3.8) is 0 Å². The molecular weight excluding hydrogens is 155 g/mol. The highest BCUT2D eigenvalue weighted by Crippen LogP contribution is 2.12. The summed E-state index contributed by atoms with van der Waals surface area (Å²) < 4.78 is 12.7. The first-order chi connectivity index (χ1) is 5.74. The average molecular weight is 164 g/mol. The van der Waals surface area contributed by atoms with Crippen molar-refractivity contribution in [2.75, 3.05) is 0 Å². The summed E-state index contributed by atoms with van der Waals surface area (Å²) in [7, 11) is 0. The molecule has 0 saturated carbocycles. The van der Waals surface area contributed by atoms with E-state index in [2.05, 4.69) is 5.32 Å². The van der Waals surface area contributed by atoms with E-state index in [1.807, 2.05) is 6.19 Å². The quantitative estimate of drug-likeness (QED) is 0.535. The number of rotatable bonds is 2. The van der Waals surface area contributed by atoms with Gasteiger partial charge in [0.1, 0.15) is 5.82 Å². The molecule has 0 fully saturated rings. The van der Waals surface area contributed by atoms with Gasteiger partial charge < -0.3 is 5.32 Å². The number of halogens is 1. The van der Waals surface area contributed by atoms with Crippen LogP contribution in [0.25, 0.3) is 0 Å². The van der Waals surface area contributed by atoms with E-state index in [4.69, 9.17) is 5.26 Å². The zero-order valence-electron chi connectivity index (χ0n) is 6.71. The van der Waals surface area contributed by atoms with E-state index < -0.39 is 0 Å². The molecule has 0 amide bonds. The third kappa shape index (κ3) is 1.96. The zero-order chi connectivity index (χ0) is 8.97. The van der Waals surface area contributed by atoms with Crippen LogP contribution in [0.15, 0.2) is 24.3 Å². The minimum atomic E-state index is -0.279. The van der Waals surface area contributed by atoms with Gasteiger partial charge in [0, 0.05) is 0 Å². The average Bonchev–Trinajstić information content (AvgIpc) is 2.05. The first-order valence-electron chi connectivity index (χ1n) is 3.64. The predicted octanol–water partition coefficient (Wildman–Crippen LogP) is 1.96. The van der Waals surface area contributed by atoms with Crippen molar-refractivity contribution >= 4 is 0 Å². The normalized spacial score (nSPS) is 11.8. The van der Waals surface area contributed by atoms with E-state index in [0.29, 0.717) is 0 Å². The molecule has 2 nitrogen and oxygen atoms in total. The number of nitrogens with zero attached hydrogens (tertiary/aromatic N) is 1. The lowest BCUT2D eigenvalue weighted by molar-refractivity contribution is 0.616. The summed E-state index contributed by atoms with van der Waals surface area (Å²) in [5, 5.41) is 10.8. The molecule has 62 valence electrons. The summed E-state index contributed by atoms with van der Waals surface area (Å²) in [6, 6.07) is 6.06. The van der Waals surface area contributed by atoms with Gasteiger partial charge in [-0.15, -0.1) is 0 Å². The molecule has 3 heteroatoms. The van der Waals surface area contributed by atoms with Gasteiger partial charge in [-0.05, 0) is 24.6 Å². The summed E-state index contributed by atoms with van der Waals surface area (Å²) in [5.41, 5.74) is 0.775. The van der Waals surface area contributed by atoms with Crippen molar-refractivity contribution < 1.29 is 4.39 Å². The van der Waals surface area contributed by atoms with Crippen LogP contribution >= 0.6 is 0 Å². The number of nitrogens with one attached hydrogen (secondary N) is 1. The van der Waals surface area contributed by atoms with Gasteiger partial charge in [0.2, 0.25) is 0 Å². The Bertz CT molecular complexity index is 304. The van der Waals surface area contributed by atoms with E-state index in [1.165, 1.54) is 12.1 Å². The van der Waals surface area contributed by atoms with E-state index in [9.17, 15) is 4.39 Å². The van der Waals surface area contributed by atoms with Crippen LogP contribution in [0.3, 0.4) is 0 Å². The summed E-state index contributed by atoms with van der Waals surface area (Å²) >= 11 is 0. The Kier molecular flexibility index (Phi) is 2.65. The third-order valence-corrected chi connectivity index (χ3v) is 1.63. The van der Waals surface area contributed by atoms with Crippen molar-refractivity contribution in [1.29, 1.82) is 5.26 Å². The molecule has 0 radical (unpaired) electrons. The van der Waals surface area contributed by atoms with Crippen molar-refractivity contribution in [1.82, 2.24) is 5.32 Å². The summed E-state index contributed by atoms with van der Waals surface area (Å²) in [4.78, 5) is 0. The van der Waals surface area contributed by atoms with Crippen molar-refractivity contribution in [2.45, 2.75) is 13.0 Å². The van der Waals surface area contributed by atoms with E-state index in [-0.39, 0.29) is 11.9 Å². The first kappa shape index (κ1) is 8.54. The van der Waals surface area contributed by atoms with Gasteiger partial charge in [-0.25, -0.2) is 4.39 Å². The highest BCUT2D eigenvalue weighted by molar-refractivity contribution is 5.19. The van der Waals surface area contributed by atoms with Gasteiger partial charge in [-0.1, -0.05) is 12.1 Å². The maximum Gasteiger partial charge on any atom is 0.177 e. The Morgan fingerprint density at radius 3 is 2.92 bits per heavy atom. The minimum absolute atomic E-state index is 0.134. The number of nitriles is 1. The van der Waals surface area contributed by atoms with Gasteiger partial charge >= 0.3 is 0 Å². The highest BCUT2D eigenvalue weighted by atomic mass is 19.1. The SMILES string of the molecule is CC(NC#N)c1cccc(F)c1. The number of benzene rings is 1. The van der Waals surface area contributed by atoms with Crippen LogP contribution in [0.4, 0.5) is 4.39 Å². The summed E-state index contributed by atoms with van der Waals surface area (Å²) in [6.07, 6.45) is 1.81. The fourth-order valence-electron chi connectivity index (χ4n) is 0.956. The molecule has 0 aromatic heterocycles. The highest BCUT2D eigenvalue weighted by Gasteiger charge is 2.03. The minimum Gasteiger partial charge on any atom is -0.317 e. The molecule has 0 spiro atoms. The lowest BCUT2D eigenvalue weighted by atomic mass is 10.1. The second-order valence-electron chi connectivity index (χ2n) is 2.53. The van der Waals surface area contributed by atoms with Crippen LogP contribution in [0.1, 0.15) is 18.5 Å². The number of hydrogen-bond acceptors (Lipinski definition) is 2. The van der Waals surface area contributed by atoms with Gasteiger partial charge in [0.15, 0.2) is 6.19 Å². The molecule has 0 aliphatic carbocycles. The van der Waals surface area contributed by atoms with Crippen LogP contribution in [0.2, 0.25) is 0 Å². The van der Waals surface area contributed by atoms with Crippen LogP contribution in [0.5, 0.6) is 0 Å². The lowest BCUT2D eigenvalue weighted by Gasteiger charge is -2.08. The molecule has 1 N–H and O–H groups in total. The van der Waals surface area contributed by atoms with Crippen molar-refractivity contribution in [3.8, 4) is 6.19 Å². The standard InChI is InChI=1S/C9H9FN2/c1-7(12-6-11)8-3-2-4-9(10)5-8/h2-5,7,12H,1H3. The maximum absolute atomic E-state index is 12.7. The molecule has 0 bridgehead atoms. The molecule has 1 aromatic carbocycles. The number of hydrogen-bond donors (Lipinski definition) is 1. The van der Waals surface area contributed by atoms with Crippen LogP contribution in [-0.2, 0) is 0 Å². The smallest absolute Gasteiger partial charge is 0.177 e. The van der Waals surface area contributed by atoms with Crippen LogP contribution in [-0.4, -0.2) is 0 Å². The topological polar surface area (TPSA) is 35.8 Å². The summed E-state index contributed by atoms with van der Waals surface area (Å²) in [5.74, 6) is -0.279. The Morgan fingerprint density at radius 1 is 1.58 bits per heavy atom. The Morgan fingerprint density at radius 2 is 2.33 bits per heavy atom. The molecule has 12 heavy (non-hydrogen) atoms. The van der Waals surface area contributed by atoms with Gasteiger partial charge in [0.05, 0.1) is 6.04 Å². The Hall–Kier alpha value is -1.56. The third-order valence-electron chi connectivity index (χ3n) is 1.63. The molecule has 0 heterocycles. The Labute approximate surface area is 70.6 Å². The molecule has 0 aliphatic rings. The zero-order valence-corrected chi connectivity index (χ0v) is 6.71. The maximum atomic E-state index is 12.7. The fraction of sp³-hybridized carbons (Fsp3) is 0.222. The van der Waals surface area contributed by atoms with Gasteiger partial charge in [-0.2, -0.15) is 5.26 Å². The second-order valence-corrected chi connectivity index (χ2v) is 2.53. The van der Waals surface area contributed by atoms with E-state index in [0.717, 1.165) is 5.56 Å². The lowest BCUT2D eigenvalue weighted by Crippen LogP contribution is -2.11. The fourth-order valence-corrected chi connectivity index (χ4v) is 0.956. The van der Waals surface area contributed by atoms with Gasteiger partial charge in [-0.3, -0.25) is 0 Å². The molecule has 1 atom stereocenters. The van der Waals surface area contributed by atoms with Crippen molar-refractivity contribution in [2.24, 2.45) is 0 Å². The molecule has 1 rings (SSSR count). The predicted molar refractivity (Wildman–Crippen MR) is 43.6 cm³/mol. The molecule has 0 aliphatic heterocycles. The Balaban J connectivity index is 2.82. The second kappa shape index (κ2) is 3.72. The van der Waals surface area contributed by atoms with E-state index in [1.54, 1.807) is 19.1 Å². The molecule has 0 saturated heterocycles. The largest absolute Gasteiger partial charge is 0.317 e. The molecule has 1 aromatic rings. The molecular formula is C9H9FN2. The summed E-state index contributed by atoms with van der Waals surface area (Å²) in [6.45, 7) is 1.80. The molecule has 1 unspecified atom stereocenters. The van der Waals surface area contributed by atoms with E-state index >= 15 is 0 Å². The monoisotopic (exact) mass is 164 g/mol. The van der Waals surface area contributed by atoms with Crippen LogP contribution in [0, 0.1) is 17.3 Å².